The van der Waals surface area contributed by atoms with Gasteiger partial charge in [-0.25, -0.2) is 4.98 Å². The van der Waals surface area contributed by atoms with Crippen molar-refractivity contribution in [2.24, 2.45) is 11.8 Å². The number of aliphatic carboxylic acids is 1. The van der Waals surface area contributed by atoms with E-state index in [1.54, 1.807) is 13.3 Å². The number of carbonyl (C=O) groups is 1. The molecule has 0 bridgehead atoms. The predicted molar refractivity (Wildman–Crippen MR) is 81.6 cm³/mol. The Morgan fingerprint density at radius 2 is 2.10 bits per heavy atom. The molecule has 0 radical (unpaired) electrons. The molecule has 1 heterocycles. The van der Waals surface area contributed by atoms with E-state index in [0.29, 0.717) is 17.7 Å². The monoisotopic (exact) mass is 291 g/mol. The molecule has 1 aromatic heterocycles. The number of ether oxygens (including phenoxy) is 1. The van der Waals surface area contributed by atoms with Crippen LogP contribution in [0.1, 0.15) is 56.1 Å². The average molecular weight is 291 g/mol. The van der Waals surface area contributed by atoms with Gasteiger partial charge in [-0.3, -0.25) is 4.79 Å². The fourth-order valence-corrected chi connectivity index (χ4v) is 3.72. The van der Waals surface area contributed by atoms with Crippen LogP contribution in [0.2, 0.25) is 0 Å². The van der Waals surface area contributed by atoms with Crippen molar-refractivity contribution in [3.8, 4) is 5.88 Å². The maximum atomic E-state index is 11.3. The Bertz CT molecular complexity index is 493. The summed E-state index contributed by atoms with van der Waals surface area (Å²) in [7, 11) is 1.65. The third kappa shape index (κ3) is 3.36. The molecule has 1 fully saturated rings. The summed E-state index contributed by atoms with van der Waals surface area (Å²) in [6.07, 6.45) is 6.65. The van der Waals surface area contributed by atoms with Crippen LogP contribution in [0.5, 0.6) is 5.88 Å². The van der Waals surface area contributed by atoms with Gasteiger partial charge < -0.3 is 9.84 Å². The fraction of sp³-hybridized carbons (Fsp3) is 0.647. The summed E-state index contributed by atoms with van der Waals surface area (Å²) in [5.41, 5.74) is 2.43. The first-order chi connectivity index (χ1) is 10.1. The highest BCUT2D eigenvalue weighted by Gasteiger charge is 2.31. The summed E-state index contributed by atoms with van der Waals surface area (Å²) in [6, 6.07) is 2.08. The number of aromatic nitrogens is 1. The number of pyridine rings is 1. The number of hydrogen-bond acceptors (Lipinski definition) is 3. The van der Waals surface area contributed by atoms with E-state index < -0.39 is 5.97 Å². The lowest BCUT2D eigenvalue weighted by Gasteiger charge is -2.32. The van der Waals surface area contributed by atoms with Gasteiger partial charge in [-0.1, -0.05) is 6.92 Å². The summed E-state index contributed by atoms with van der Waals surface area (Å²) >= 11 is 0. The van der Waals surface area contributed by atoms with Gasteiger partial charge in [-0.15, -0.1) is 0 Å². The molecule has 1 aliphatic rings. The van der Waals surface area contributed by atoms with Crippen LogP contribution in [-0.2, 0) is 4.79 Å². The molecule has 2 rings (SSSR count). The zero-order chi connectivity index (χ0) is 15.4. The molecule has 21 heavy (non-hydrogen) atoms. The second-order valence-corrected chi connectivity index (χ2v) is 6.00. The van der Waals surface area contributed by atoms with Gasteiger partial charge in [0.05, 0.1) is 13.0 Å². The van der Waals surface area contributed by atoms with Crippen molar-refractivity contribution < 1.29 is 14.6 Å². The third-order valence-electron chi connectivity index (χ3n) is 4.93. The van der Waals surface area contributed by atoms with E-state index in [1.807, 2.05) is 6.92 Å². The van der Waals surface area contributed by atoms with E-state index in [2.05, 4.69) is 18.0 Å². The van der Waals surface area contributed by atoms with Crippen molar-refractivity contribution in [2.45, 2.75) is 51.9 Å². The van der Waals surface area contributed by atoms with Crippen molar-refractivity contribution in [3.63, 3.8) is 0 Å². The fourth-order valence-electron chi connectivity index (χ4n) is 3.72. The van der Waals surface area contributed by atoms with Crippen molar-refractivity contribution in [3.05, 3.63) is 23.4 Å². The number of carboxylic acids is 1. The minimum atomic E-state index is -0.636. The van der Waals surface area contributed by atoms with Crippen LogP contribution in [0, 0.1) is 18.8 Å². The standard InChI is InChI=1S/C17H25NO3/c1-4-14(17(19)20)12-5-7-13(8-6-12)15-9-10-18-16(21-3)11(15)2/h9-10,12-14H,4-8H2,1-3H3,(H,19,20). The minimum absolute atomic E-state index is 0.181. The summed E-state index contributed by atoms with van der Waals surface area (Å²) in [5, 5.41) is 9.30. The first-order valence-electron chi connectivity index (χ1n) is 7.80. The number of methoxy groups -OCH3 is 1. The second kappa shape index (κ2) is 6.92. The van der Waals surface area contributed by atoms with Gasteiger partial charge in [-0.2, -0.15) is 0 Å². The summed E-state index contributed by atoms with van der Waals surface area (Å²) in [6.45, 7) is 4.03. The number of hydrogen-bond donors (Lipinski definition) is 1. The lowest BCUT2D eigenvalue weighted by Crippen LogP contribution is -2.26. The van der Waals surface area contributed by atoms with E-state index in [-0.39, 0.29) is 5.92 Å². The van der Waals surface area contributed by atoms with Crippen molar-refractivity contribution >= 4 is 5.97 Å². The molecule has 0 aliphatic heterocycles. The Morgan fingerprint density at radius 3 is 2.62 bits per heavy atom. The Balaban J connectivity index is 2.06. The first-order valence-corrected chi connectivity index (χ1v) is 7.80. The van der Waals surface area contributed by atoms with E-state index in [1.165, 1.54) is 5.56 Å². The van der Waals surface area contributed by atoms with Crippen LogP contribution in [0.15, 0.2) is 12.3 Å². The predicted octanol–water partition coefficient (Wildman–Crippen LogP) is 3.78. The molecule has 0 aromatic carbocycles. The normalized spacial score (nSPS) is 23.6. The van der Waals surface area contributed by atoms with Crippen molar-refractivity contribution in [1.82, 2.24) is 4.98 Å². The van der Waals surface area contributed by atoms with Gasteiger partial charge in [0.15, 0.2) is 0 Å². The molecule has 1 saturated carbocycles. The Kier molecular flexibility index (Phi) is 5.21. The zero-order valence-corrected chi connectivity index (χ0v) is 13.1. The SMILES string of the molecule is CCC(C(=O)O)C1CCC(c2ccnc(OC)c2C)CC1. The van der Waals surface area contributed by atoms with Crippen molar-refractivity contribution in [2.75, 3.05) is 7.11 Å². The molecule has 0 amide bonds. The Labute approximate surface area is 126 Å². The van der Waals surface area contributed by atoms with Crippen LogP contribution in [0.25, 0.3) is 0 Å². The Morgan fingerprint density at radius 1 is 1.43 bits per heavy atom. The highest BCUT2D eigenvalue weighted by Crippen LogP contribution is 2.41. The smallest absolute Gasteiger partial charge is 0.306 e. The molecule has 116 valence electrons. The maximum absolute atomic E-state index is 11.3. The maximum Gasteiger partial charge on any atom is 0.306 e. The molecule has 1 aliphatic carbocycles. The first kappa shape index (κ1) is 15.8. The van der Waals surface area contributed by atoms with E-state index in [0.717, 1.165) is 37.7 Å². The lowest BCUT2D eigenvalue weighted by molar-refractivity contribution is -0.144. The molecular weight excluding hydrogens is 266 g/mol. The number of carboxylic acid groups (broad SMARTS) is 1. The topological polar surface area (TPSA) is 59.4 Å². The molecular formula is C17H25NO3. The van der Waals surface area contributed by atoms with Crippen LogP contribution in [0.3, 0.4) is 0 Å². The zero-order valence-electron chi connectivity index (χ0n) is 13.1. The minimum Gasteiger partial charge on any atom is -0.481 e. The highest BCUT2D eigenvalue weighted by molar-refractivity contribution is 5.70. The molecule has 0 saturated heterocycles. The van der Waals surface area contributed by atoms with Gasteiger partial charge >= 0.3 is 5.97 Å². The molecule has 4 nitrogen and oxygen atoms in total. The van der Waals surface area contributed by atoms with E-state index in [9.17, 15) is 9.90 Å². The lowest BCUT2D eigenvalue weighted by atomic mass is 9.72. The number of rotatable bonds is 5. The average Bonchev–Trinajstić information content (AvgIpc) is 2.49. The number of nitrogens with zero attached hydrogens (tertiary/aromatic N) is 1. The van der Waals surface area contributed by atoms with Crippen LogP contribution in [-0.4, -0.2) is 23.2 Å². The molecule has 1 atom stereocenters. The molecule has 0 spiro atoms. The van der Waals surface area contributed by atoms with E-state index in [4.69, 9.17) is 4.74 Å². The van der Waals surface area contributed by atoms with Crippen LogP contribution in [0.4, 0.5) is 0 Å². The molecule has 1 unspecified atom stereocenters. The van der Waals surface area contributed by atoms with E-state index >= 15 is 0 Å². The van der Waals surface area contributed by atoms with Crippen LogP contribution < -0.4 is 4.74 Å². The van der Waals surface area contributed by atoms with Gasteiger partial charge in [-0.05, 0) is 62.5 Å². The van der Waals surface area contributed by atoms with Gasteiger partial charge in [0.1, 0.15) is 0 Å². The molecule has 1 aromatic rings. The molecule has 4 heteroatoms. The quantitative estimate of drug-likeness (QED) is 0.896. The van der Waals surface area contributed by atoms with Gasteiger partial charge in [0.2, 0.25) is 5.88 Å². The van der Waals surface area contributed by atoms with Crippen LogP contribution >= 0.6 is 0 Å². The highest BCUT2D eigenvalue weighted by atomic mass is 16.5. The largest absolute Gasteiger partial charge is 0.481 e. The van der Waals surface area contributed by atoms with Gasteiger partial charge in [0.25, 0.3) is 0 Å². The molecule has 1 N–H and O–H groups in total. The van der Waals surface area contributed by atoms with Crippen molar-refractivity contribution in [1.29, 1.82) is 0 Å². The summed E-state index contributed by atoms with van der Waals surface area (Å²) in [5.74, 6) is 0.713. The van der Waals surface area contributed by atoms with Gasteiger partial charge in [0, 0.05) is 11.8 Å². The Hall–Kier alpha value is -1.58. The third-order valence-corrected chi connectivity index (χ3v) is 4.93. The second-order valence-electron chi connectivity index (χ2n) is 6.00. The summed E-state index contributed by atoms with van der Waals surface area (Å²) in [4.78, 5) is 15.5. The summed E-state index contributed by atoms with van der Waals surface area (Å²) < 4.78 is 5.30.